The van der Waals surface area contributed by atoms with Crippen molar-refractivity contribution in [2.24, 2.45) is 0 Å². The summed E-state index contributed by atoms with van der Waals surface area (Å²) in [6.45, 7) is 3.52. The summed E-state index contributed by atoms with van der Waals surface area (Å²) < 4.78 is 5.45. The van der Waals surface area contributed by atoms with Gasteiger partial charge in [0.05, 0.1) is 18.1 Å². The number of amides is 1. The number of nitro benzene ring substituents is 1. The molecule has 1 aliphatic rings. The number of methoxy groups -OCH3 is 1. The van der Waals surface area contributed by atoms with Crippen LogP contribution in [0.2, 0.25) is 0 Å². The van der Waals surface area contributed by atoms with Crippen LogP contribution in [0.1, 0.15) is 27.5 Å². The monoisotopic (exact) mass is 391 g/mol. The zero-order valence-corrected chi connectivity index (χ0v) is 16.0. The van der Waals surface area contributed by atoms with E-state index >= 15 is 0 Å². The van der Waals surface area contributed by atoms with E-state index in [1.165, 1.54) is 12.1 Å². The Morgan fingerprint density at radius 1 is 1.30 bits per heavy atom. The highest BCUT2D eigenvalue weighted by atomic mass is 35.5. The van der Waals surface area contributed by atoms with Crippen molar-refractivity contribution >= 4 is 24.0 Å². The molecule has 0 aliphatic carbocycles. The van der Waals surface area contributed by atoms with E-state index in [0.29, 0.717) is 30.8 Å². The Bertz CT molecular complexity index is 843. The molecular weight excluding hydrogens is 370 g/mol. The van der Waals surface area contributed by atoms with Gasteiger partial charge < -0.3 is 15.0 Å². The fraction of sp³-hybridized carbons (Fsp3) is 0.316. The molecule has 1 saturated heterocycles. The Labute approximate surface area is 163 Å². The molecule has 144 valence electrons. The number of nitrogens with one attached hydrogen (secondary N) is 1. The van der Waals surface area contributed by atoms with Crippen molar-refractivity contribution in [3.63, 3.8) is 0 Å². The van der Waals surface area contributed by atoms with E-state index in [1.807, 2.05) is 24.3 Å². The average Bonchev–Trinajstić information content (AvgIpc) is 2.67. The predicted octanol–water partition coefficient (Wildman–Crippen LogP) is 3.12. The van der Waals surface area contributed by atoms with Gasteiger partial charge in [0, 0.05) is 42.4 Å². The normalized spacial score (nSPS) is 16.4. The van der Waals surface area contributed by atoms with E-state index in [-0.39, 0.29) is 30.0 Å². The summed E-state index contributed by atoms with van der Waals surface area (Å²) >= 11 is 0. The van der Waals surface area contributed by atoms with Crippen LogP contribution in [-0.4, -0.2) is 42.5 Å². The second-order valence-corrected chi connectivity index (χ2v) is 6.22. The molecule has 3 rings (SSSR count). The van der Waals surface area contributed by atoms with Crippen LogP contribution in [0.5, 0.6) is 5.75 Å². The minimum atomic E-state index is -0.438. The van der Waals surface area contributed by atoms with Gasteiger partial charge in [-0.05, 0) is 25.1 Å². The molecule has 1 N–H and O–H groups in total. The minimum Gasteiger partial charge on any atom is -0.496 e. The van der Waals surface area contributed by atoms with E-state index < -0.39 is 4.92 Å². The zero-order valence-electron chi connectivity index (χ0n) is 15.2. The molecule has 0 bridgehead atoms. The van der Waals surface area contributed by atoms with Crippen molar-refractivity contribution in [1.29, 1.82) is 0 Å². The molecule has 1 aliphatic heterocycles. The molecular formula is C19H22ClN3O4. The molecule has 8 heteroatoms. The predicted molar refractivity (Wildman–Crippen MR) is 105 cm³/mol. The maximum absolute atomic E-state index is 13.1. The number of hydrogen-bond donors (Lipinski definition) is 1. The molecule has 0 aromatic heterocycles. The number of para-hydroxylation sites is 1. The first-order valence-corrected chi connectivity index (χ1v) is 8.42. The number of nitrogens with zero attached hydrogens (tertiary/aromatic N) is 2. The molecule has 1 heterocycles. The van der Waals surface area contributed by atoms with Gasteiger partial charge in [0.25, 0.3) is 11.6 Å². The zero-order chi connectivity index (χ0) is 18.7. The highest BCUT2D eigenvalue weighted by Gasteiger charge is 2.30. The number of piperazine rings is 1. The van der Waals surface area contributed by atoms with Crippen molar-refractivity contribution in [2.45, 2.75) is 13.0 Å². The standard InChI is InChI=1S/C19H21N3O4.ClH/c1-13-11-14(7-8-16(13)22(24)25)19(23)21-10-9-20-12-17(21)15-5-3-4-6-18(15)26-2;/h3-8,11,17,20H,9-10,12H2,1-2H3;1H. The number of hydrogen-bond acceptors (Lipinski definition) is 5. The van der Waals surface area contributed by atoms with Gasteiger partial charge in [0.2, 0.25) is 0 Å². The first-order valence-electron chi connectivity index (χ1n) is 8.42. The number of aryl methyl sites for hydroxylation is 1. The molecule has 1 fully saturated rings. The van der Waals surface area contributed by atoms with E-state index in [1.54, 1.807) is 25.0 Å². The Hall–Kier alpha value is -2.64. The lowest BCUT2D eigenvalue weighted by Gasteiger charge is -2.37. The highest BCUT2D eigenvalue weighted by Crippen LogP contribution is 2.31. The van der Waals surface area contributed by atoms with E-state index in [9.17, 15) is 14.9 Å². The number of benzene rings is 2. The van der Waals surface area contributed by atoms with Crippen LogP contribution < -0.4 is 10.1 Å². The minimum absolute atomic E-state index is 0. The lowest BCUT2D eigenvalue weighted by Crippen LogP contribution is -2.48. The van der Waals surface area contributed by atoms with Gasteiger partial charge >= 0.3 is 0 Å². The van der Waals surface area contributed by atoms with E-state index in [0.717, 1.165) is 11.3 Å². The Balaban J connectivity index is 0.00000261. The van der Waals surface area contributed by atoms with Crippen LogP contribution in [0, 0.1) is 17.0 Å². The number of ether oxygens (including phenoxy) is 1. The maximum Gasteiger partial charge on any atom is 0.272 e. The lowest BCUT2D eigenvalue weighted by molar-refractivity contribution is -0.385. The number of rotatable bonds is 4. The Kier molecular flexibility index (Phi) is 6.76. The largest absolute Gasteiger partial charge is 0.496 e. The van der Waals surface area contributed by atoms with E-state index in [4.69, 9.17) is 4.74 Å². The SMILES string of the molecule is COc1ccccc1C1CNCCN1C(=O)c1ccc([N+](=O)[O-])c(C)c1.Cl. The summed E-state index contributed by atoms with van der Waals surface area (Å²) in [6.07, 6.45) is 0. The summed E-state index contributed by atoms with van der Waals surface area (Å²) in [6, 6.07) is 12.0. The molecule has 2 aromatic carbocycles. The topological polar surface area (TPSA) is 84.7 Å². The quantitative estimate of drug-likeness (QED) is 0.639. The van der Waals surface area contributed by atoms with Crippen molar-refractivity contribution in [3.8, 4) is 5.75 Å². The van der Waals surface area contributed by atoms with Crippen LogP contribution in [0.15, 0.2) is 42.5 Å². The third kappa shape index (κ3) is 4.20. The Morgan fingerprint density at radius 3 is 2.70 bits per heavy atom. The van der Waals surface area contributed by atoms with Crippen LogP contribution in [0.4, 0.5) is 5.69 Å². The Morgan fingerprint density at radius 2 is 2.04 bits per heavy atom. The number of halogens is 1. The number of nitro groups is 1. The van der Waals surface area contributed by atoms with Gasteiger partial charge in [-0.2, -0.15) is 0 Å². The van der Waals surface area contributed by atoms with Crippen molar-refractivity contribution in [2.75, 3.05) is 26.7 Å². The van der Waals surface area contributed by atoms with Gasteiger partial charge in [-0.3, -0.25) is 14.9 Å². The fourth-order valence-electron chi connectivity index (χ4n) is 3.33. The molecule has 2 aromatic rings. The third-order valence-corrected chi connectivity index (χ3v) is 4.64. The first kappa shape index (κ1) is 20.7. The fourth-order valence-corrected chi connectivity index (χ4v) is 3.33. The summed E-state index contributed by atoms with van der Waals surface area (Å²) in [7, 11) is 1.61. The van der Waals surface area contributed by atoms with Crippen molar-refractivity contribution in [3.05, 3.63) is 69.3 Å². The number of carbonyl (C=O) groups excluding carboxylic acids is 1. The molecule has 7 nitrogen and oxygen atoms in total. The molecule has 1 unspecified atom stereocenters. The second kappa shape index (κ2) is 8.83. The maximum atomic E-state index is 13.1. The van der Waals surface area contributed by atoms with Crippen LogP contribution in [-0.2, 0) is 0 Å². The molecule has 0 saturated carbocycles. The highest BCUT2D eigenvalue weighted by molar-refractivity contribution is 5.95. The molecule has 0 spiro atoms. The number of carbonyl (C=O) groups is 1. The summed E-state index contributed by atoms with van der Waals surface area (Å²) in [4.78, 5) is 25.5. The molecule has 27 heavy (non-hydrogen) atoms. The molecule has 1 amide bonds. The summed E-state index contributed by atoms with van der Waals surface area (Å²) in [5.41, 5.74) is 1.89. The van der Waals surface area contributed by atoms with E-state index in [2.05, 4.69) is 5.32 Å². The molecule has 0 radical (unpaired) electrons. The van der Waals surface area contributed by atoms with Crippen LogP contribution in [0.3, 0.4) is 0 Å². The lowest BCUT2D eigenvalue weighted by atomic mass is 10.00. The third-order valence-electron chi connectivity index (χ3n) is 4.64. The summed E-state index contributed by atoms with van der Waals surface area (Å²) in [5, 5.41) is 14.3. The van der Waals surface area contributed by atoms with Crippen molar-refractivity contribution in [1.82, 2.24) is 10.2 Å². The van der Waals surface area contributed by atoms with Gasteiger partial charge in [-0.1, -0.05) is 18.2 Å². The van der Waals surface area contributed by atoms with Crippen LogP contribution >= 0.6 is 12.4 Å². The van der Waals surface area contributed by atoms with Gasteiger partial charge in [0.1, 0.15) is 5.75 Å². The van der Waals surface area contributed by atoms with Crippen molar-refractivity contribution < 1.29 is 14.5 Å². The first-order chi connectivity index (χ1) is 12.5. The molecule has 1 atom stereocenters. The summed E-state index contributed by atoms with van der Waals surface area (Å²) in [5.74, 6) is 0.597. The van der Waals surface area contributed by atoms with Gasteiger partial charge in [-0.15, -0.1) is 12.4 Å². The average molecular weight is 392 g/mol. The smallest absolute Gasteiger partial charge is 0.272 e. The van der Waals surface area contributed by atoms with Gasteiger partial charge in [-0.25, -0.2) is 0 Å². The van der Waals surface area contributed by atoms with Gasteiger partial charge in [0.15, 0.2) is 0 Å². The van der Waals surface area contributed by atoms with Crippen LogP contribution in [0.25, 0.3) is 0 Å². The second-order valence-electron chi connectivity index (χ2n) is 6.22.